The fourth-order valence-electron chi connectivity index (χ4n) is 3.91. The van der Waals surface area contributed by atoms with Gasteiger partial charge in [0.25, 0.3) is 5.91 Å². The Morgan fingerprint density at radius 1 is 1.15 bits per heavy atom. The molecule has 1 fully saturated rings. The normalized spacial score (nSPS) is 19.3. The molecule has 27 heavy (non-hydrogen) atoms. The number of hydrogen-bond donors (Lipinski definition) is 1. The Morgan fingerprint density at radius 3 is 2.52 bits per heavy atom. The summed E-state index contributed by atoms with van der Waals surface area (Å²) < 4.78 is 0. The number of hydrogen-bond acceptors (Lipinski definition) is 5. The van der Waals surface area contributed by atoms with Crippen molar-refractivity contribution in [3.8, 4) is 0 Å². The first-order valence-corrected chi connectivity index (χ1v) is 9.17. The first-order valence-electron chi connectivity index (χ1n) is 9.17. The maximum Gasteiger partial charge on any atom is 0.273 e. The first-order chi connectivity index (χ1) is 13.0. The molecule has 140 valence electrons. The molecule has 2 aliphatic rings. The summed E-state index contributed by atoms with van der Waals surface area (Å²) in [5, 5.41) is 3.27. The quantitative estimate of drug-likeness (QED) is 0.885. The van der Waals surface area contributed by atoms with Crippen molar-refractivity contribution in [2.24, 2.45) is 0 Å². The number of benzene rings is 1. The minimum atomic E-state index is -0.195. The molecule has 1 aliphatic heterocycles. The second-order valence-corrected chi connectivity index (χ2v) is 7.41. The molecule has 0 saturated carbocycles. The molecule has 1 aromatic heterocycles. The van der Waals surface area contributed by atoms with Crippen molar-refractivity contribution in [2.45, 2.75) is 31.3 Å². The van der Waals surface area contributed by atoms with Gasteiger partial charge in [-0.05, 0) is 24.0 Å². The molecule has 7 nitrogen and oxygen atoms in total. The number of rotatable bonds is 4. The molecular weight excluding hydrogens is 342 g/mol. The van der Waals surface area contributed by atoms with Gasteiger partial charge in [0, 0.05) is 33.1 Å². The number of likely N-dealkylation sites (tertiary alicyclic amines) is 1. The van der Waals surface area contributed by atoms with Crippen LogP contribution in [0.2, 0.25) is 0 Å². The molecule has 2 amide bonds. The van der Waals surface area contributed by atoms with Crippen molar-refractivity contribution >= 4 is 17.6 Å². The van der Waals surface area contributed by atoms with Crippen LogP contribution < -0.4 is 5.32 Å². The predicted octanol–water partition coefficient (Wildman–Crippen LogP) is 1.36. The highest BCUT2D eigenvalue weighted by atomic mass is 16.2. The zero-order valence-electron chi connectivity index (χ0n) is 15.6. The molecule has 0 unspecified atom stereocenters. The minimum absolute atomic E-state index is 0.0276. The van der Waals surface area contributed by atoms with Gasteiger partial charge in [0.05, 0.1) is 18.4 Å². The van der Waals surface area contributed by atoms with E-state index < -0.39 is 0 Å². The molecule has 2 aromatic rings. The number of nitrogens with zero attached hydrogens (tertiary/aromatic N) is 4. The van der Waals surface area contributed by atoms with E-state index in [2.05, 4.69) is 39.6 Å². The molecule has 4 rings (SSSR count). The fraction of sp³-hybridized carbons (Fsp3) is 0.400. The Balaban J connectivity index is 1.42. The number of nitrogens with one attached hydrogen (secondary N) is 1. The number of fused-ring (bicyclic) bond motifs is 1. The monoisotopic (exact) mass is 365 g/mol. The van der Waals surface area contributed by atoms with E-state index in [1.54, 1.807) is 20.3 Å². The summed E-state index contributed by atoms with van der Waals surface area (Å²) in [4.78, 5) is 36.5. The molecular formula is C20H23N5O2. The Kier molecular flexibility index (Phi) is 4.51. The van der Waals surface area contributed by atoms with Crippen LogP contribution in [0.4, 0.5) is 5.82 Å². The molecule has 1 atom stereocenters. The van der Waals surface area contributed by atoms with E-state index in [1.165, 1.54) is 22.2 Å². The van der Waals surface area contributed by atoms with Crippen LogP contribution in [0.5, 0.6) is 0 Å². The molecule has 1 aliphatic carbocycles. The van der Waals surface area contributed by atoms with Gasteiger partial charge in [-0.25, -0.2) is 4.98 Å². The molecule has 1 saturated heterocycles. The van der Waals surface area contributed by atoms with Crippen LogP contribution in [-0.2, 0) is 17.6 Å². The van der Waals surface area contributed by atoms with Crippen LogP contribution in [0.1, 0.15) is 28.0 Å². The van der Waals surface area contributed by atoms with Crippen molar-refractivity contribution in [1.82, 2.24) is 19.8 Å². The van der Waals surface area contributed by atoms with Gasteiger partial charge in [-0.2, -0.15) is 0 Å². The molecule has 0 spiro atoms. The van der Waals surface area contributed by atoms with Crippen LogP contribution in [0.25, 0.3) is 0 Å². The van der Waals surface area contributed by atoms with Crippen molar-refractivity contribution in [1.29, 1.82) is 0 Å². The standard InChI is InChI=1S/C20H23N5O2/c1-24(2)20(27)17-10-21-11-18(23-17)22-15-9-19(26)25(12-15)16-7-13-5-3-4-6-14(13)8-16/h3-6,10-11,15-16H,7-9,12H2,1-2H3,(H,22,23)/t15-/m1/s1. The predicted molar refractivity (Wildman–Crippen MR) is 101 cm³/mol. The van der Waals surface area contributed by atoms with Gasteiger partial charge < -0.3 is 15.1 Å². The van der Waals surface area contributed by atoms with Crippen molar-refractivity contribution in [3.05, 3.63) is 53.5 Å². The largest absolute Gasteiger partial charge is 0.364 e. The Labute approximate surface area is 158 Å². The van der Waals surface area contributed by atoms with E-state index in [1.807, 2.05) is 4.90 Å². The highest BCUT2D eigenvalue weighted by Crippen LogP contribution is 2.28. The average molecular weight is 365 g/mol. The highest BCUT2D eigenvalue weighted by Gasteiger charge is 2.37. The van der Waals surface area contributed by atoms with Gasteiger partial charge in [-0.15, -0.1) is 0 Å². The van der Waals surface area contributed by atoms with E-state index in [0.29, 0.717) is 18.8 Å². The van der Waals surface area contributed by atoms with Gasteiger partial charge in [-0.3, -0.25) is 14.6 Å². The maximum absolute atomic E-state index is 12.6. The molecule has 7 heteroatoms. The van der Waals surface area contributed by atoms with Gasteiger partial charge >= 0.3 is 0 Å². The first kappa shape index (κ1) is 17.5. The van der Waals surface area contributed by atoms with Crippen LogP contribution in [0, 0.1) is 0 Å². The molecule has 0 bridgehead atoms. The van der Waals surface area contributed by atoms with Crippen molar-refractivity contribution < 1.29 is 9.59 Å². The number of carbonyl (C=O) groups is 2. The number of anilines is 1. The lowest BCUT2D eigenvalue weighted by atomic mass is 10.1. The fourth-order valence-corrected chi connectivity index (χ4v) is 3.91. The summed E-state index contributed by atoms with van der Waals surface area (Å²) in [6, 6.07) is 8.61. The van der Waals surface area contributed by atoms with E-state index in [4.69, 9.17) is 0 Å². The zero-order valence-corrected chi connectivity index (χ0v) is 15.6. The third-order valence-electron chi connectivity index (χ3n) is 5.24. The third kappa shape index (κ3) is 3.49. The van der Waals surface area contributed by atoms with Gasteiger partial charge in [0.2, 0.25) is 5.91 Å². The lowest BCUT2D eigenvalue weighted by molar-refractivity contribution is -0.129. The molecule has 1 N–H and O–H groups in total. The molecule has 0 radical (unpaired) electrons. The van der Waals surface area contributed by atoms with Gasteiger partial charge in [-0.1, -0.05) is 24.3 Å². The summed E-state index contributed by atoms with van der Waals surface area (Å²) in [5.74, 6) is 0.495. The smallest absolute Gasteiger partial charge is 0.273 e. The number of aromatic nitrogens is 2. The van der Waals surface area contributed by atoms with Crippen LogP contribution >= 0.6 is 0 Å². The average Bonchev–Trinajstić information content (AvgIpc) is 3.24. The summed E-state index contributed by atoms with van der Waals surface area (Å²) in [7, 11) is 3.36. The lowest BCUT2D eigenvalue weighted by Gasteiger charge is -2.24. The lowest BCUT2D eigenvalue weighted by Crippen LogP contribution is -2.38. The summed E-state index contributed by atoms with van der Waals surface area (Å²) in [5.41, 5.74) is 2.97. The third-order valence-corrected chi connectivity index (χ3v) is 5.24. The van der Waals surface area contributed by atoms with E-state index >= 15 is 0 Å². The van der Waals surface area contributed by atoms with Crippen LogP contribution in [0.15, 0.2) is 36.7 Å². The van der Waals surface area contributed by atoms with E-state index in [-0.39, 0.29) is 29.6 Å². The SMILES string of the molecule is CN(C)C(=O)c1cncc(N[C@@H]2CC(=O)N(C3Cc4ccccc4C3)C2)n1. The van der Waals surface area contributed by atoms with Crippen LogP contribution in [0.3, 0.4) is 0 Å². The Hall–Kier alpha value is -2.96. The van der Waals surface area contributed by atoms with Gasteiger partial charge in [0.15, 0.2) is 0 Å². The minimum Gasteiger partial charge on any atom is -0.364 e. The summed E-state index contributed by atoms with van der Waals surface area (Å²) in [6.45, 7) is 0.644. The maximum atomic E-state index is 12.6. The summed E-state index contributed by atoms with van der Waals surface area (Å²) >= 11 is 0. The van der Waals surface area contributed by atoms with Crippen molar-refractivity contribution in [2.75, 3.05) is 26.0 Å². The Bertz CT molecular complexity index is 857. The van der Waals surface area contributed by atoms with Crippen LogP contribution in [-0.4, -0.2) is 64.3 Å². The topological polar surface area (TPSA) is 78.4 Å². The van der Waals surface area contributed by atoms with E-state index in [9.17, 15) is 9.59 Å². The Morgan fingerprint density at radius 2 is 1.85 bits per heavy atom. The molecule has 1 aromatic carbocycles. The molecule has 2 heterocycles. The highest BCUT2D eigenvalue weighted by molar-refractivity contribution is 5.92. The second kappa shape index (κ2) is 6.98. The van der Waals surface area contributed by atoms with Crippen molar-refractivity contribution in [3.63, 3.8) is 0 Å². The summed E-state index contributed by atoms with van der Waals surface area (Å²) in [6.07, 6.45) is 5.31. The number of carbonyl (C=O) groups excluding carboxylic acids is 2. The number of amides is 2. The van der Waals surface area contributed by atoms with E-state index in [0.717, 1.165) is 12.8 Å². The second-order valence-electron chi connectivity index (χ2n) is 7.41. The zero-order chi connectivity index (χ0) is 19.0. The van der Waals surface area contributed by atoms with Gasteiger partial charge in [0.1, 0.15) is 11.5 Å².